The molecule has 0 amide bonds. The van der Waals surface area contributed by atoms with Crippen molar-refractivity contribution >= 4 is 9.92 Å². The summed E-state index contributed by atoms with van der Waals surface area (Å²) in [5.74, 6) is 0. The molecule has 0 saturated carbocycles. The Kier molecular flexibility index (Phi) is 3.55. The predicted molar refractivity (Wildman–Crippen MR) is 57.6 cm³/mol. The Morgan fingerprint density at radius 2 is 1.93 bits per heavy atom. The van der Waals surface area contributed by atoms with Crippen molar-refractivity contribution in [2.45, 2.75) is 44.4 Å². The third kappa shape index (κ3) is 2.93. The van der Waals surface area contributed by atoms with Crippen LogP contribution in [0.4, 0.5) is 0 Å². The summed E-state index contributed by atoms with van der Waals surface area (Å²) in [5.41, 5.74) is -0.193. The normalized spacial score (nSPS) is 26.0. The van der Waals surface area contributed by atoms with Crippen LogP contribution in [0.1, 0.15) is 33.6 Å². The molecular weight excluding hydrogens is 200 g/mol. The number of nitrogens with one attached hydrogen (secondary N) is 2. The SMILES string of the molecule is CC(C)S(=N)(=O)NC1(C)CCOCC1. The maximum absolute atomic E-state index is 11.9. The summed E-state index contributed by atoms with van der Waals surface area (Å²) in [7, 11) is -2.66. The Labute approximate surface area is 86.5 Å². The average molecular weight is 220 g/mol. The quantitative estimate of drug-likeness (QED) is 0.757. The molecule has 84 valence electrons. The first-order chi connectivity index (χ1) is 6.36. The van der Waals surface area contributed by atoms with Crippen LogP contribution < -0.4 is 4.72 Å². The topological polar surface area (TPSA) is 62.2 Å². The fraction of sp³-hybridized carbons (Fsp3) is 1.00. The molecule has 0 spiro atoms. The Morgan fingerprint density at radius 3 is 2.36 bits per heavy atom. The highest BCUT2D eigenvalue weighted by Crippen LogP contribution is 2.21. The first-order valence-corrected chi connectivity index (χ1v) is 6.62. The molecule has 0 radical (unpaired) electrons. The molecule has 1 atom stereocenters. The summed E-state index contributed by atoms with van der Waals surface area (Å²) in [6, 6.07) is 0. The first-order valence-electron chi connectivity index (χ1n) is 5.00. The fourth-order valence-electron chi connectivity index (χ4n) is 1.41. The molecule has 1 rings (SSSR count). The molecule has 0 aromatic heterocycles. The summed E-state index contributed by atoms with van der Waals surface area (Å²) in [4.78, 5) is 0. The molecule has 1 fully saturated rings. The van der Waals surface area contributed by atoms with E-state index in [-0.39, 0.29) is 10.8 Å². The molecule has 14 heavy (non-hydrogen) atoms. The Bertz CT molecular complexity index is 279. The van der Waals surface area contributed by atoms with Gasteiger partial charge in [0.1, 0.15) is 9.92 Å². The van der Waals surface area contributed by atoms with Gasteiger partial charge in [-0.1, -0.05) is 0 Å². The molecule has 1 saturated heterocycles. The van der Waals surface area contributed by atoms with Crippen LogP contribution in [0.5, 0.6) is 0 Å². The molecule has 1 heterocycles. The molecule has 0 aromatic carbocycles. The van der Waals surface area contributed by atoms with Gasteiger partial charge < -0.3 is 4.74 Å². The largest absolute Gasteiger partial charge is 0.381 e. The summed E-state index contributed by atoms with van der Waals surface area (Å²) in [5, 5.41) is -0.151. The van der Waals surface area contributed by atoms with E-state index in [9.17, 15) is 4.21 Å². The molecule has 4 nitrogen and oxygen atoms in total. The number of hydrogen-bond acceptors (Lipinski definition) is 3. The third-order valence-corrected chi connectivity index (χ3v) is 4.78. The van der Waals surface area contributed by atoms with Gasteiger partial charge in [0.05, 0.1) is 5.25 Å². The summed E-state index contributed by atoms with van der Waals surface area (Å²) in [6.45, 7) is 7.02. The monoisotopic (exact) mass is 220 g/mol. The van der Waals surface area contributed by atoms with E-state index < -0.39 is 9.92 Å². The van der Waals surface area contributed by atoms with E-state index in [4.69, 9.17) is 9.52 Å². The second kappa shape index (κ2) is 4.16. The van der Waals surface area contributed by atoms with Crippen LogP contribution in [0.15, 0.2) is 0 Å². The summed E-state index contributed by atoms with van der Waals surface area (Å²) in [6.07, 6.45) is 1.66. The predicted octanol–water partition coefficient (Wildman–Crippen LogP) is 1.52. The molecule has 0 aliphatic carbocycles. The highest BCUT2D eigenvalue weighted by molar-refractivity contribution is 7.91. The van der Waals surface area contributed by atoms with Gasteiger partial charge in [-0.15, -0.1) is 0 Å². The van der Waals surface area contributed by atoms with Crippen LogP contribution in [-0.4, -0.2) is 28.2 Å². The molecular formula is C9H20N2O2S. The van der Waals surface area contributed by atoms with E-state index in [1.165, 1.54) is 0 Å². The van der Waals surface area contributed by atoms with Crippen molar-refractivity contribution in [1.29, 1.82) is 4.78 Å². The highest BCUT2D eigenvalue weighted by Gasteiger charge is 2.31. The molecule has 0 bridgehead atoms. The zero-order valence-corrected chi connectivity index (χ0v) is 9.95. The van der Waals surface area contributed by atoms with Gasteiger partial charge in [0.15, 0.2) is 0 Å². The van der Waals surface area contributed by atoms with Crippen molar-refractivity contribution < 1.29 is 8.95 Å². The molecule has 1 aliphatic rings. The van der Waals surface area contributed by atoms with Gasteiger partial charge in [-0.25, -0.2) is 13.7 Å². The van der Waals surface area contributed by atoms with Gasteiger partial charge in [0, 0.05) is 18.8 Å². The van der Waals surface area contributed by atoms with Crippen molar-refractivity contribution in [3.8, 4) is 0 Å². The molecule has 1 aliphatic heterocycles. The second-order valence-electron chi connectivity index (χ2n) is 4.42. The first kappa shape index (κ1) is 11.9. The zero-order valence-electron chi connectivity index (χ0n) is 9.13. The van der Waals surface area contributed by atoms with Gasteiger partial charge in [0.25, 0.3) is 0 Å². The fourth-order valence-corrected chi connectivity index (χ4v) is 2.58. The maximum atomic E-state index is 11.9. The Hall–Kier alpha value is -0.130. The van der Waals surface area contributed by atoms with E-state index in [0.29, 0.717) is 13.2 Å². The van der Waals surface area contributed by atoms with Crippen molar-refractivity contribution in [2.75, 3.05) is 13.2 Å². The zero-order chi connectivity index (χ0) is 10.8. The van der Waals surface area contributed by atoms with Crippen LogP contribution in [-0.2, 0) is 14.7 Å². The molecule has 0 aromatic rings. The van der Waals surface area contributed by atoms with E-state index >= 15 is 0 Å². The lowest BCUT2D eigenvalue weighted by Gasteiger charge is -2.35. The summed E-state index contributed by atoms with van der Waals surface area (Å²) < 4.78 is 27.8. The van der Waals surface area contributed by atoms with Crippen LogP contribution in [0.3, 0.4) is 0 Å². The number of hydrogen-bond donors (Lipinski definition) is 2. The van der Waals surface area contributed by atoms with E-state index in [0.717, 1.165) is 12.8 Å². The molecule has 5 heteroatoms. The Balaban J connectivity index is 2.66. The van der Waals surface area contributed by atoms with Crippen LogP contribution in [0.2, 0.25) is 0 Å². The minimum atomic E-state index is -2.66. The highest BCUT2D eigenvalue weighted by atomic mass is 32.2. The van der Waals surface area contributed by atoms with Crippen LogP contribution in [0.25, 0.3) is 0 Å². The molecule has 1 unspecified atom stereocenters. The third-order valence-electron chi connectivity index (χ3n) is 2.66. The maximum Gasteiger partial charge on any atom is 0.108 e. The van der Waals surface area contributed by atoms with Gasteiger partial charge >= 0.3 is 0 Å². The lowest BCUT2D eigenvalue weighted by atomic mass is 9.94. The van der Waals surface area contributed by atoms with Gasteiger partial charge in [-0.2, -0.15) is 0 Å². The minimum Gasteiger partial charge on any atom is -0.381 e. The van der Waals surface area contributed by atoms with Crippen LogP contribution >= 0.6 is 0 Å². The number of rotatable bonds is 3. The van der Waals surface area contributed by atoms with Crippen molar-refractivity contribution in [2.24, 2.45) is 0 Å². The van der Waals surface area contributed by atoms with Gasteiger partial charge in [-0.05, 0) is 33.6 Å². The van der Waals surface area contributed by atoms with Crippen LogP contribution in [0, 0.1) is 4.78 Å². The smallest absolute Gasteiger partial charge is 0.108 e. The lowest BCUT2D eigenvalue weighted by molar-refractivity contribution is 0.0540. The van der Waals surface area contributed by atoms with E-state index in [1.807, 2.05) is 20.8 Å². The Morgan fingerprint density at radius 1 is 1.43 bits per heavy atom. The minimum absolute atomic E-state index is 0.151. The van der Waals surface area contributed by atoms with Crippen molar-refractivity contribution in [1.82, 2.24) is 4.72 Å². The van der Waals surface area contributed by atoms with Gasteiger partial charge in [0.2, 0.25) is 0 Å². The summed E-state index contributed by atoms with van der Waals surface area (Å²) >= 11 is 0. The standard InChI is InChI=1S/C9H20N2O2S/c1-8(2)14(10,12)11-9(3)4-6-13-7-5-9/h8H,4-7H2,1-3H3,(H2,10,11,12). The van der Waals surface area contributed by atoms with Gasteiger partial charge in [-0.3, -0.25) is 0 Å². The molecule has 2 N–H and O–H groups in total. The van der Waals surface area contributed by atoms with Crippen molar-refractivity contribution in [3.05, 3.63) is 0 Å². The lowest BCUT2D eigenvalue weighted by Crippen LogP contribution is -2.50. The van der Waals surface area contributed by atoms with E-state index in [2.05, 4.69) is 4.72 Å². The second-order valence-corrected chi connectivity index (χ2v) is 6.77. The average Bonchev–Trinajstić information content (AvgIpc) is 2.03. The number of ether oxygens (including phenoxy) is 1. The van der Waals surface area contributed by atoms with E-state index in [1.54, 1.807) is 0 Å². The van der Waals surface area contributed by atoms with Crippen molar-refractivity contribution in [3.63, 3.8) is 0 Å².